The fraction of sp³-hybridized carbons (Fsp3) is 0. The second kappa shape index (κ2) is 12.4. The van der Waals surface area contributed by atoms with Gasteiger partial charge < -0.3 is 4.57 Å². The molecule has 13 rings (SSSR count). The summed E-state index contributed by atoms with van der Waals surface area (Å²) >= 11 is 1.87. The summed E-state index contributed by atoms with van der Waals surface area (Å²) in [6.07, 6.45) is 0. The summed E-state index contributed by atoms with van der Waals surface area (Å²) in [6.45, 7) is 0. The Labute approximate surface area is 342 Å². The average molecular weight is 769 g/mol. The lowest BCUT2D eigenvalue weighted by atomic mass is 9.99. The van der Waals surface area contributed by atoms with Crippen LogP contribution in [-0.4, -0.2) is 19.1 Å². The number of para-hydroxylation sites is 3. The standard InChI is InChI=1S/C54H32N4S/c1-3-15-33(16-4-1)35-27-30-47-43(31-35)37-19-10-13-25-45(37)57(47)36-28-29-42-48(32-36)59-53-50(42)39-21-8-7-20-38(39)49-41-23-11-14-26-46(41)58(52(49)53)54-55-44-24-12-9-22-40(44)51(56-54)34-17-5-2-6-18-34/h1-32H. The van der Waals surface area contributed by atoms with Gasteiger partial charge in [0.25, 0.3) is 0 Å². The Bertz CT molecular complexity index is 3840. The lowest BCUT2D eigenvalue weighted by Crippen LogP contribution is -2.03. The van der Waals surface area contributed by atoms with E-state index in [1.54, 1.807) is 0 Å². The van der Waals surface area contributed by atoms with Crippen molar-refractivity contribution in [3.63, 3.8) is 0 Å². The lowest BCUT2D eigenvalue weighted by molar-refractivity contribution is 1.02. The summed E-state index contributed by atoms with van der Waals surface area (Å²) in [5, 5.41) is 11.0. The van der Waals surface area contributed by atoms with Crippen LogP contribution in [0.25, 0.3) is 119 Å². The van der Waals surface area contributed by atoms with Crippen LogP contribution in [-0.2, 0) is 0 Å². The first kappa shape index (κ1) is 32.5. The summed E-state index contributed by atoms with van der Waals surface area (Å²) in [7, 11) is 0. The van der Waals surface area contributed by atoms with E-state index in [4.69, 9.17) is 9.97 Å². The van der Waals surface area contributed by atoms with Crippen molar-refractivity contribution in [3.05, 3.63) is 194 Å². The molecule has 0 saturated heterocycles. The Morgan fingerprint density at radius 2 is 0.983 bits per heavy atom. The van der Waals surface area contributed by atoms with Crippen molar-refractivity contribution in [3.8, 4) is 34.0 Å². The maximum atomic E-state index is 5.44. The minimum atomic E-state index is 0.670. The van der Waals surface area contributed by atoms with Crippen LogP contribution < -0.4 is 0 Å². The van der Waals surface area contributed by atoms with Gasteiger partial charge in [0.2, 0.25) is 5.95 Å². The van der Waals surface area contributed by atoms with E-state index in [0.29, 0.717) is 5.95 Å². The van der Waals surface area contributed by atoms with Crippen LogP contribution in [0.3, 0.4) is 0 Å². The number of hydrogen-bond acceptors (Lipinski definition) is 3. The molecule has 0 spiro atoms. The second-order valence-corrected chi connectivity index (χ2v) is 16.4. The van der Waals surface area contributed by atoms with E-state index in [-0.39, 0.29) is 0 Å². The van der Waals surface area contributed by atoms with Crippen LogP contribution >= 0.6 is 11.3 Å². The number of benzene rings is 9. The van der Waals surface area contributed by atoms with Crippen molar-refractivity contribution in [1.29, 1.82) is 0 Å². The highest BCUT2D eigenvalue weighted by atomic mass is 32.1. The second-order valence-electron chi connectivity index (χ2n) is 15.3. The number of nitrogens with zero attached hydrogens (tertiary/aromatic N) is 4. The number of hydrogen-bond donors (Lipinski definition) is 0. The van der Waals surface area contributed by atoms with Gasteiger partial charge in [0, 0.05) is 53.7 Å². The molecule has 0 saturated carbocycles. The van der Waals surface area contributed by atoms with Gasteiger partial charge in [-0.25, -0.2) is 9.97 Å². The topological polar surface area (TPSA) is 35.6 Å². The van der Waals surface area contributed by atoms with E-state index in [0.717, 1.165) is 38.9 Å². The molecule has 0 fully saturated rings. The normalized spacial score (nSPS) is 12.1. The molecule has 0 atom stereocenters. The summed E-state index contributed by atoms with van der Waals surface area (Å²) in [4.78, 5) is 10.8. The molecule has 0 aliphatic rings. The number of fused-ring (bicyclic) bond motifs is 14. The van der Waals surface area contributed by atoms with E-state index in [9.17, 15) is 0 Å². The third kappa shape index (κ3) is 4.71. The lowest BCUT2D eigenvalue weighted by Gasteiger charge is -2.12. The molecular weight excluding hydrogens is 737 g/mol. The van der Waals surface area contributed by atoms with Crippen molar-refractivity contribution < 1.29 is 0 Å². The molecule has 0 unspecified atom stereocenters. The van der Waals surface area contributed by atoms with E-state index in [1.807, 2.05) is 11.3 Å². The van der Waals surface area contributed by atoms with Gasteiger partial charge in [-0.15, -0.1) is 11.3 Å². The fourth-order valence-corrected chi connectivity index (χ4v) is 10.8. The van der Waals surface area contributed by atoms with Crippen molar-refractivity contribution in [1.82, 2.24) is 19.1 Å². The highest BCUT2D eigenvalue weighted by Crippen LogP contribution is 2.48. The Balaban J connectivity index is 1.12. The zero-order valence-electron chi connectivity index (χ0n) is 31.7. The third-order valence-corrected chi connectivity index (χ3v) is 13.3. The van der Waals surface area contributed by atoms with Gasteiger partial charge in [-0.1, -0.05) is 152 Å². The Morgan fingerprint density at radius 1 is 0.373 bits per heavy atom. The zero-order valence-corrected chi connectivity index (χ0v) is 32.5. The maximum absolute atomic E-state index is 5.44. The molecule has 0 aliphatic heterocycles. The highest BCUT2D eigenvalue weighted by molar-refractivity contribution is 7.27. The van der Waals surface area contributed by atoms with Crippen LogP contribution in [0, 0.1) is 0 Å². The number of aromatic nitrogens is 4. The summed E-state index contributed by atoms with van der Waals surface area (Å²) in [5.41, 5.74) is 11.1. The predicted octanol–water partition coefficient (Wildman–Crippen LogP) is 14.7. The Hall–Kier alpha value is -7.60. The zero-order chi connectivity index (χ0) is 38.6. The molecular formula is C54H32N4S. The molecule has 4 nitrogen and oxygen atoms in total. The molecule has 4 heterocycles. The average Bonchev–Trinajstić information content (AvgIpc) is 3.97. The van der Waals surface area contributed by atoms with Crippen LogP contribution in [0.5, 0.6) is 0 Å². The minimum absolute atomic E-state index is 0.670. The smallest absolute Gasteiger partial charge is 0.235 e. The van der Waals surface area contributed by atoms with E-state index < -0.39 is 0 Å². The van der Waals surface area contributed by atoms with Crippen LogP contribution in [0.2, 0.25) is 0 Å². The van der Waals surface area contributed by atoms with Gasteiger partial charge >= 0.3 is 0 Å². The molecule has 4 aromatic heterocycles. The Kier molecular flexibility index (Phi) is 6.85. The van der Waals surface area contributed by atoms with Gasteiger partial charge in [0.05, 0.1) is 38.0 Å². The largest absolute Gasteiger partial charge is 0.309 e. The first-order valence-electron chi connectivity index (χ1n) is 20.0. The molecule has 13 aromatic rings. The monoisotopic (exact) mass is 768 g/mol. The van der Waals surface area contributed by atoms with Crippen LogP contribution in [0.4, 0.5) is 0 Å². The summed E-state index contributed by atoms with van der Waals surface area (Å²) in [5.74, 6) is 0.670. The molecule has 5 heteroatoms. The van der Waals surface area contributed by atoms with Crippen molar-refractivity contribution >= 4 is 96.8 Å². The van der Waals surface area contributed by atoms with Gasteiger partial charge in [0.15, 0.2) is 0 Å². The van der Waals surface area contributed by atoms with E-state index >= 15 is 0 Å². The SMILES string of the molecule is c1ccc(-c2ccc3c(c2)c2ccccc2n3-c2ccc3c(c2)sc2c3c3ccccc3c3c4ccccc4n(-c4nc(-c5ccccc5)c5ccccc5n4)c23)cc1. The molecule has 0 radical (unpaired) electrons. The van der Waals surface area contributed by atoms with E-state index in [1.165, 1.54) is 74.6 Å². The summed E-state index contributed by atoms with van der Waals surface area (Å²) < 4.78 is 7.23. The minimum Gasteiger partial charge on any atom is -0.309 e. The third-order valence-electron chi connectivity index (χ3n) is 12.1. The molecule has 0 bridgehead atoms. The van der Waals surface area contributed by atoms with Gasteiger partial charge in [-0.05, 0) is 64.4 Å². The molecule has 59 heavy (non-hydrogen) atoms. The highest BCUT2D eigenvalue weighted by Gasteiger charge is 2.24. The van der Waals surface area contributed by atoms with Gasteiger partial charge in [-0.3, -0.25) is 4.57 Å². The first-order chi connectivity index (χ1) is 29.3. The van der Waals surface area contributed by atoms with Crippen LogP contribution in [0.1, 0.15) is 0 Å². The van der Waals surface area contributed by atoms with E-state index in [2.05, 4.69) is 203 Å². The predicted molar refractivity (Wildman–Crippen MR) is 249 cm³/mol. The maximum Gasteiger partial charge on any atom is 0.235 e. The quantitative estimate of drug-likeness (QED) is 0.179. The molecule has 274 valence electrons. The molecule has 0 amide bonds. The van der Waals surface area contributed by atoms with Crippen LogP contribution in [0.15, 0.2) is 194 Å². The fourth-order valence-electron chi connectivity index (χ4n) is 9.55. The summed E-state index contributed by atoms with van der Waals surface area (Å²) in [6, 6.07) is 69.9. The molecule has 0 N–H and O–H groups in total. The number of thiophene rings is 1. The van der Waals surface area contributed by atoms with Crippen molar-refractivity contribution in [2.45, 2.75) is 0 Å². The van der Waals surface area contributed by atoms with Gasteiger partial charge in [0.1, 0.15) is 0 Å². The number of rotatable bonds is 4. The molecule has 0 aliphatic carbocycles. The van der Waals surface area contributed by atoms with Crippen molar-refractivity contribution in [2.24, 2.45) is 0 Å². The first-order valence-corrected chi connectivity index (χ1v) is 20.8. The molecule has 9 aromatic carbocycles. The Morgan fingerprint density at radius 3 is 1.76 bits per heavy atom. The van der Waals surface area contributed by atoms with Gasteiger partial charge in [-0.2, -0.15) is 0 Å². The van der Waals surface area contributed by atoms with Crippen molar-refractivity contribution in [2.75, 3.05) is 0 Å².